The van der Waals surface area contributed by atoms with Gasteiger partial charge in [0.25, 0.3) is 0 Å². The molecule has 1 saturated heterocycles. The summed E-state index contributed by atoms with van der Waals surface area (Å²) in [4.78, 5) is 34.0. The highest BCUT2D eigenvalue weighted by Crippen LogP contribution is 2.41. The lowest BCUT2D eigenvalue weighted by molar-refractivity contribution is -0.492. The second-order valence-electron chi connectivity index (χ2n) is 5.23. The molecule has 1 rings (SSSR count). The van der Waals surface area contributed by atoms with Crippen LogP contribution in [0.3, 0.4) is 0 Å². The SMILES string of the molecule is CCCC(C[N+](=O)[O-])C1(C(=O)O)CCN(C(=O)O)CC1. The van der Waals surface area contributed by atoms with Crippen molar-refractivity contribution < 1.29 is 24.7 Å². The molecule has 0 aromatic rings. The van der Waals surface area contributed by atoms with E-state index in [1.165, 1.54) is 0 Å². The molecular weight excluding hydrogens is 268 g/mol. The van der Waals surface area contributed by atoms with Crippen LogP contribution in [0.4, 0.5) is 4.79 Å². The summed E-state index contributed by atoms with van der Waals surface area (Å²) in [5.41, 5.74) is -1.19. The standard InChI is InChI=1S/C12H20N2O6/c1-2-3-9(8-14(19)20)12(10(15)16)4-6-13(7-5-12)11(17)18/h9H,2-8H2,1H3,(H,15,16)(H,17,18). The summed E-state index contributed by atoms with van der Waals surface area (Å²) in [5, 5.41) is 29.2. The van der Waals surface area contributed by atoms with Gasteiger partial charge in [-0.1, -0.05) is 13.3 Å². The highest BCUT2D eigenvalue weighted by Gasteiger charge is 2.49. The van der Waals surface area contributed by atoms with E-state index in [4.69, 9.17) is 5.11 Å². The van der Waals surface area contributed by atoms with Crippen molar-refractivity contribution in [3.8, 4) is 0 Å². The van der Waals surface area contributed by atoms with Gasteiger partial charge in [-0.25, -0.2) is 4.79 Å². The first-order valence-electron chi connectivity index (χ1n) is 6.66. The predicted octanol–water partition coefficient (Wildman–Crippen LogP) is 1.52. The smallest absolute Gasteiger partial charge is 0.407 e. The molecule has 1 amide bonds. The first kappa shape index (κ1) is 16.2. The van der Waals surface area contributed by atoms with Gasteiger partial charge in [0, 0.05) is 23.9 Å². The molecule has 0 spiro atoms. The number of carboxylic acid groups (broad SMARTS) is 2. The molecule has 0 bridgehead atoms. The van der Waals surface area contributed by atoms with Crippen LogP contribution < -0.4 is 0 Å². The average Bonchev–Trinajstić information content (AvgIpc) is 2.37. The molecule has 0 radical (unpaired) electrons. The maximum atomic E-state index is 11.7. The third-order valence-electron chi connectivity index (χ3n) is 4.14. The van der Waals surface area contributed by atoms with Crippen molar-refractivity contribution in [1.29, 1.82) is 0 Å². The Morgan fingerprint density at radius 1 is 1.35 bits per heavy atom. The van der Waals surface area contributed by atoms with E-state index in [2.05, 4.69) is 0 Å². The number of piperidine rings is 1. The number of carboxylic acids is 1. The van der Waals surface area contributed by atoms with Crippen molar-refractivity contribution in [2.45, 2.75) is 32.6 Å². The number of rotatable bonds is 6. The summed E-state index contributed by atoms with van der Waals surface area (Å²) in [5.74, 6) is -1.61. The molecule has 8 heteroatoms. The molecule has 8 nitrogen and oxygen atoms in total. The zero-order chi connectivity index (χ0) is 15.3. The van der Waals surface area contributed by atoms with Crippen LogP contribution in [0.1, 0.15) is 32.6 Å². The van der Waals surface area contributed by atoms with E-state index in [9.17, 15) is 24.8 Å². The monoisotopic (exact) mass is 288 g/mol. The molecular formula is C12H20N2O6. The number of likely N-dealkylation sites (tertiary alicyclic amines) is 1. The molecule has 0 aliphatic carbocycles. The third-order valence-corrected chi connectivity index (χ3v) is 4.14. The van der Waals surface area contributed by atoms with Crippen LogP contribution >= 0.6 is 0 Å². The Hall–Kier alpha value is -1.86. The Morgan fingerprint density at radius 3 is 2.25 bits per heavy atom. The van der Waals surface area contributed by atoms with Crippen LogP contribution in [0.25, 0.3) is 0 Å². The van der Waals surface area contributed by atoms with Crippen molar-refractivity contribution >= 4 is 12.1 Å². The highest BCUT2D eigenvalue weighted by molar-refractivity contribution is 5.76. The van der Waals surface area contributed by atoms with E-state index < -0.39 is 28.3 Å². The van der Waals surface area contributed by atoms with Crippen LogP contribution in [0, 0.1) is 21.4 Å². The minimum Gasteiger partial charge on any atom is -0.481 e. The van der Waals surface area contributed by atoms with E-state index in [-0.39, 0.29) is 32.5 Å². The highest BCUT2D eigenvalue weighted by atomic mass is 16.6. The molecule has 1 atom stereocenters. The van der Waals surface area contributed by atoms with Gasteiger partial charge in [0.05, 0.1) is 5.41 Å². The lowest BCUT2D eigenvalue weighted by atomic mass is 9.67. The molecule has 0 aromatic heterocycles. The van der Waals surface area contributed by atoms with Crippen LogP contribution in [0.5, 0.6) is 0 Å². The Kier molecular flexibility index (Phi) is 5.29. The summed E-state index contributed by atoms with van der Waals surface area (Å²) in [6.07, 6.45) is 0.307. The van der Waals surface area contributed by atoms with Gasteiger partial charge in [-0.3, -0.25) is 14.9 Å². The van der Waals surface area contributed by atoms with Gasteiger partial charge in [-0.2, -0.15) is 0 Å². The number of nitro groups is 1. The van der Waals surface area contributed by atoms with Crippen LogP contribution in [-0.2, 0) is 4.79 Å². The zero-order valence-electron chi connectivity index (χ0n) is 11.4. The summed E-state index contributed by atoms with van der Waals surface area (Å²) in [6, 6.07) is 0. The number of hydrogen-bond donors (Lipinski definition) is 2. The summed E-state index contributed by atoms with van der Waals surface area (Å²) in [6.45, 7) is 1.70. The van der Waals surface area contributed by atoms with E-state index in [0.29, 0.717) is 12.8 Å². The normalized spacial score (nSPS) is 19.4. The first-order chi connectivity index (χ1) is 9.33. The minimum atomic E-state index is -1.19. The first-order valence-corrected chi connectivity index (χ1v) is 6.66. The van der Waals surface area contributed by atoms with Gasteiger partial charge in [0.1, 0.15) is 0 Å². The molecule has 0 aromatic carbocycles. The number of aliphatic carboxylic acids is 1. The van der Waals surface area contributed by atoms with E-state index in [0.717, 1.165) is 4.90 Å². The largest absolute Gasteiger partial charge is 0.481 e. The molecule has 1 aliphatic rings. The lowest BCUT2D eigenvalue weighted by Crippen LogP contribution is -2.51. The molecule has 1 fully saturated rings. The summed E-state index contributed by atoms with van der Waals surface area (Å²) in [7, 11) is 0. The number of hydrogen-bond acceptors (Lipinski definition) is 4. The van der Waals surface area contributed by atoms with Gasteiger partial charge in [-0.05, 0) is 19.3 Å². The molecule has 20 heavy (non-hydrogen) atoms. The maximum absolute atomic E-state index is 11.7. The molecule has 1 heterocycles. The summed E-state index contributed by atoms with van der Waals surface area (Å²) < 4.78 is 0. The van der Waals surface area contributed by atoms with Gasteiger partial charge in [0.2, 0.25) is 6.54 Å². The van der Waals surface area contributed by atoms with Crippen molar-refractivity contribution in [1.82, 2.24) is 4.90 Å². The van der Waals surface area contributed by atoms with Gasteiger partial charge >= 0.3 is 12.1 Å². The van der Waals surface area contributed by atoms with Gasteiger partial charge in [-0.15, -0.1) is 0 Å². The molecule has 114 valence electrons. The minimum absolute atomic E-state index is 0.111. The lowest BCUT2D eigenvalue weighted by Gasteiger charge is -2.41. The predicted molar refractivity (Wildman–Crippen MR) is 69.2 cm³/mol. The Balaban J connectivity index is 2.93. The maximum Gasteiger partial charge on any atom is 0.407 e. The Morgan fingerprint density at radius 2 is 1.90 bits per heavy atom. The Labute approximate surface area is 116 Å². The van der Waals surface area contributed by atoms with Crippen molar-refractivity contribution in [2.75, 3.05) is 19.6 Å². The fourth-order valence-corrected chi connectivity index (χ4v) is 2.96. The van der Waals surface area contributed by atoms with Crippen LogP contribution in [-0.4, -0.2) is 51.7 Å². The number of carbonyl (C=O) groups is 2. The summed E-state index contributed by atoms with van der Waals surface area (Å²) >= 11 is 0. The fourth-order valence-electron chi connectivity index (χ4n) is 2.96. The third kappa shape index (κ3) is 3.37. The number of nitrogens with zero attached hydrogens (tertiary/aromatic N) is 2. The van der Waals surface area contributed by atoms with Crippen molar-refractivity contribution in [3.05, 3.63) is 10.1 Å². The van der Waals surface area contributed by atoms with Crippen molar-refractivity contribution in [2.24, 2.45) is 11.3 Å². The molecule has 1 unspecified atom stereocenters. The quantitative estimate of drug-likeness (QED) is 0.564. The second-order valence-corrected chi connectivity index (χ2v) is 5.23. The molecule has 2 N–H and O–H groups in total. The molecule has 0 saturated carbocycles. The average molecular weight is 288 g/mol. The fraction of sp³-hybridized carbons (Fsp3) is 0.833. The van der Waals surface area contributed by atoms with E-state index in [1.807, 2.05) is 6.92 Å². The number of amides is 1. The molecule has 1 aliphatic heterocycles. The topological polar surface area (TPSA) is 121 Å². The van der Waals surface area contributed by atoms with E-state index in [1.54, 1.807) is 0 Å². The van der Waals surface area contributed by atoms with Crippen LogP contribution in [0.15, 0.2) is 0 Å². The Bertz CT molecular complexity index is 389. The van der Waals surface area contributed by atoms with Gasteiger partial charge in [0.15, 0.2) is 0 Å². The van der Waals surface area contributed by atoms with Gasteiger partial charge < -0.3 is 15.1 Å². The second kappa shape index (κ2) is 6.53. The van der Waals surface area contributed by atoms with Crippen LogP contribution in [0.2, 0.25) is 0 Å². The zero-order valence-corrected chi connectivity index (χ0v) is 11.4. The van der Waals surface area contributed by atoms with E-state index >= 15 is 0 Å². The van der Waals surface area contributed by atoms with Crippen molar-refractivity contribution in [3.63, 3.8) is 0 Å².